The van der Waals surface area contributed by atoms with E-state index in [9.17, 15) is 4.79 Å². The van der Waals surface area contributed by atoms with Crippen LogP contribution in [0, 0.1) is 5.92 Å². The zero-order valence-electron chi connectivity index (χ0n) is 13.7. The molecule has 6 nitrogen and oxygen atoms in total. The Labute approximate surface area is 141 Å². The summed E-state index contributed by atoms with van der Waals surface area (Å²) in [6, 6.07) is 8.17. The van der Waals surface area contributed by atoms with Gasteiger partial charge in [0, 0.05) is 13.1 Å². The maximum absolute atomic E-state index is 10.8. The number of benzene rings is 1. The van der Waals surface area contributed by atoms with Crippen molar-refractivity contribution in [3.8, 4) is 5.75 Å². The minimum Gasteiger partial charge on any atom is -0.496 e. The first kappa shape index (κ1) is 16.2. The first-order valence-electron chi connectivity index (χ1n) is 8.09. The highest BCUT2D eigenvalue weighted by Crippen LogP contribution is 2.28. The van der Waals surface area contributed by atoms with Crippen LogP contribution in [-0.4, -0.2) is 41.2 Å². The third kappa shape index (κ3) is 3.64. The van der Waals surface area contributed by atoms with Crippen LogP contribution >= 0.6 is 0 Å². The van der Waals surface area contributed by atoms with Crippen molar-refractivity contribution in [2.75, 3.05) is 25.1 Å². The largest absolute Gasteiger partial charge is 0.496 e. The van der Waals surface area contributed by atoms with Crippen LogP contribution in [0.15, 0.2) is 36.7 Å². The molecule has 3 rings (SSSR count). The average Bonchev–Trinajstić information content (AvgIpc) is 2.63. The van der Waals surface area contributed by atoms with Crippen LogP contribution < -0.4 is 9.64 Å². The van der Waals surface area contributed by atoms with Crippen LogP contribution in [0.5, 0.6) is 5.75 Å². The molecule has 0 bridgehead atoms. The van der Waals surface area contributed by atoms with Crippen molar-refractivity contribution < 1.29 is 14.6 Å². The Morgan fingerprint density at radius 1 is 1.25 bits per heavy atom. The summed E-state index contributed by atoms with van der Waals surface area (Å²) in [5, 5.41) is 8.88. The van der Waals surface area contributed by atoms with E-state index in [0.29, 0.717) is 5.92 Å². The first-order valence-corrected chi connectivity index (χ1v) is 8.09. The number of hydrogen-bond acceptors (Lipinski definition) is 5. The molecular formula is C18H21N3O3. The molecule has 2 aromatic rings. The average molecular weight is 327 g/mol. The zero-order valence-corrected chi connectivity index (χ0v) is 13.7. The molecule has 126 valence electrons. The van der Waals surface area contributed by atoms with Crippen LogP contribution in [0.2, 0.25) is 0 Å². The van der Waals surface area contributed by atoms with Gasteiger partial charge in [-0.15, -0.1) is 0 Å². The molecule has 1 fully saturated rings. The highest BCUT2D eigenvalue weighted by Gasteiger charge is 2.21. The molecule has 0 amide bonds. The molecule has 0 saturated carbocycles. The van der Waals surface area contributed by atoms with Crippen molar-refractivity contribution >= 4 is 11.8 Å². The minimum absolute atomic E-state index is 0.0233. The molecule has 1 N–H and O–H groups in total. The van der Waals surface area contributed by atoms with E-state index in [2.05, 4.69) is 20.9 Å². The fraction of sp³-hybridized carbons (Fsp3) is 0.389. The number of nitrogens with zero attached hydrogens (tertiary/aromatic N) is 3. The monoisotopic (exact) mass is 327 g/mol. The summed E-state index contributed by atoms with van der Waals surface area (Å²) in [6.07, 6.45) is 6.02. The van der Waals surface area contributed by atoms with Crippen LogP contribution in [0.25, 0.3) is 0 Å². The molecule has 0 aliphatic carbocycles. The third-order valence-corrected chi connectivity index (χ3v) is 4.50. The molecule has 1 aliphatic rings. The van der Waals surface area contributed by atoms with Crippen molar-refractivity contribution in [2.45, 2.75) is 19.3 Å². The second-order valence-electron chi connectivity index (χ2n) is 6.01. The molecular weight excluding hydrogens is 306 g/mol. The Kier molecular flexibility index (Phi) is 4.93. The van der Waals surface area contributed by atoms with Crippen LogP contribution in [0.3, 0.4) is 0 Å². The van der Waals surface area contributed by atoms with Crippen LogP contribution in [-0.2, 0) is 6.42 Å². The summed E-state index contributed by atoms with van der Waals surface area (Å²) in [4.78, 5) is 21.2. The summed E-state index contributed by atoms with van der Waals surface area (Å²) in [5.74, 6) is 1.26. The van der Waals surface area contributed by atoms with E-state index >= 15 is 0 Å². The SMILES string of the molecule is COc1ccccc1CC1CCN(c2cnc(C(=O)O)cn2)CC1. The maximum Gasteiger partial charge on any atom is 0.356 e. The van der Waals surface area contributed by atoms with Gasteiger partial charge in [-0.3, -0.25) is 0 Å². The van der Waals surface area contributed by atoms with Gasteiger partial charge >= 0.3 is 5.97 Å². The standard InChI is InChI=1S/C18H21N3O3/c1-24-16-5-3-2-4-14(16)10-13-6-8-21(9-7-13)17-12-19-15(11-20-17)18(22)23/h2-5,11-13H,6-10H2,1H3,(H,22,23). The van der Waals surface area contributed by atoms with Crippen molar-refractivity contribution in [3.63, 3.8) is 0 Å². The van der Waals surface area contributed by atoms with E-state index in [0.717, 1.165) is 43.9 Å². The molecule has 1 aliphatic heterocycles. The topological polar surface area (TPSA) is 75.5 Å². The van der Waals surface area contributed by atoms with Gasteiger partial charge in [0.2, 0.25) is 0 Å². The molecule has 2 heterocycles. The van der Waals surface area contributed by atoms with E-state index in [1.165, 1.54) is 11.8 Å². The number of carbonyl (C=O) groups is 1. The van der Waals surface area contributed by atoms with Gasteiger partial charge in [-0.2, -0.15) is 0 Å². The zero-order chi connectivity index (χ0) is 16.9. The quantitative estimate of drug-likeness (QED) is 0.910. The second kappa shape index (κ2) is 7.29. The second-order valence-corrected chi connectivity index (χ2v) is 6.01. The highest BCUT2D eigenvalue weighted by molar-refractivity contribution is 5.84. The number of ether oxygens (including phenoxy) is 1. The fourth-order valence-electron chi connectivity index (χ4n) is 3.14. The molecule has 24 heavy (non-hydrogen) atoms. The summed E-state index contributed by atoms with van der Waals surface area (Å²) in [5.41, 5.74) is 1.23. The number of carboxylic acids is 1. The van der Waals surface area contributed by atoms with Gasteiger partial charge in [-0.25, -0.2) is 14.8 Å². The molecule has 0 spiro atoms. The summed E-state index contributed by atoms with van der Waals surface area (Å²) >= 11 is 0. The lowest BCUT2D eigenvalue weighted by Crippen LogP contribution is -2.35. The lowest BCUT2D eigenvalue weighted by molar-refractivity contribution is 0.0690. The molecule has 0 unspecified atom stereocenters. The van der Waals surface area contributed by atoms with Crippen molar-refractivity contribution in [2.24, 2.45) is 5.92 Å². The van der Waals surface area contributed by atoms with Gasteiger partial charge in [-0.1, -0.05) is 18.2 Å². The molecule has 6 heteroatoms. The van der Waals surface area contributed by atoms with Gasteiger partial charge in [0.05, 0.1) is 19.5 Å². The predicted molar refractivity (Wildman–Crippen MR) is 90.6 cm³/mol. The number of aromatic nitrogens is 2. The van der Waals surface area contributed by atoms with E-state index in [-0.39, 0.29) is 5.69 Å². The lowest BCUT2D eigenvalue weighted by atomic mass is 9.90. The van der Waals surface area contributed by atoms with Gasteiger partial charge in [-0.05, 0) is 36.8 Å². The van der Waals surface area contributed by atoms with Gasteiger partial charge in [0.15, 0.2) is 5.69 Å². The smallest absolute Gasteiger partial charge is 0.356 e. The minimum atomic E-state index is -1.05. The number of piperidine rings is 1. The van der Waals surface area contributed by atoms with Crippen LogP contribution in [0.4, 0.5) is 5.82 Å². The third-order valence-electron chi connectivity index (χ3n) is 4.50. The summed E-state index contributed by atoms with van der Waals surface area (Å²) in [7, 11) is 1.71. The fourth-order valence-corrected chi connectivity index (χ4v) is 3.14. The van der Waals surface area contributed by atoms with Crippen molar-refractivity contribution in [3.05, 3.63) is 47.9 Å². The van der Waals surface area contributed by atoms with Gasteiger partial charge in [0.1, 0.15) is 11.6 Å². The molecule has 1 aromatic carbocycles. The Morgan fingerprint density at radius 2 is 2.00 bits per heavy atom. The molecule has 1 aromatic heterocycles. The molecule has 0 atom stereocenters. The summed E-state index contributed by atoms with van der Waals surface area (Å²) < 4.78 is 5.43. The Hall–Kier alpha value is -2.63. The number of aromatic carboxylic acids is 1. The van der Waals surface area contributed by atoms with Gasteiger partial charge in [0.25, 0.3) is 0 Å². The lowest BCUT2D eigenvalue weighted by Gasteiger charge is -2.32. The van der Waals surface area contributed by atoms with Gasteiger partial charge < -0.3 is 14.7 Å². The van der Waals surface area contributed by atoms with Crippen molar-refractivity contribution in [1.82, 2.24) is 9.97 Å². The van der Waals surface area contributed by atoms with Crippen molar-refractivity contribution in [1.29, 1.82) is 0 Å². The van der Waals surface area contributed by atoms with E-state index in [1.807, 2.05) is 18.2 Å². The number of anilines is 1. The van der Waals surface area contributed by atoms with E-state index < -0.39 is 5.97 Å². The number of rotatable bonds is 5. The Balaban J connectivity index is 1.58. The molecule has 0 radical (unpaired) electrons. The highest BCUT2D eigenvalue weighted by atomic mass is 16.5. The number of hydrogen-bond donors (Lipinski definition) is 1. The van der Waals surface area contributed by atoms with Crippen LogP contribution in [0.1, 0.15) is 28.9 Å². The number of carboxylic acid groups (broad SMARTS) is 1. The maximum atomic E-state index is 10.8. The predicted octanol–water partition coefficient (Wildman–Crippen LogP) is 2.64. The first-order chi connectivity index (χ1) is 11.7. The Bertz CT molecular complexity index is 695. The summed E-state index contributed by atoms with van der Waals surface area (Å²) in [6.45, 7) is 1.81. The van der Waals surface area contributed by atoms with E-state index in [4.69, 9.17) is 9.84 Å². The number of methoxy groups -OCH3 is 1. The molecule has 1 saturated heterocycles. The van der Waals surface area contributed by atoms with E-state index in [1.54, 1.807) is 13.3 Å². The number of para-hydroxylation sites is 1. The normalized spacial score (nSPS) is 15.3. The Morgan fingerprint density at radius 3 is 2.62 bits per heavy atom.